The van der Waals surface area contributed by atoms with E-state index in [0.717, 1.165) is 53.9 Å². The summed E-state index contributed by atoms with van der Waals surface area (Å²) in [6.45, 7) is 8.33. The van der Waals surface area contributed by atoms with Crippen LogP contribution in [0, 0.1) is 3.57 Å². The summed E-state index contributed by atoms with van der Waals surface area (Å²) in [6, 6.07) is 12.8. The van der Waals surface area contributed by atoms with E-state index in [1.807, 2.05) is 48.7 Å². The number of rotatable bonds is 10. The van der Waals surface area contributed by atoms with Crippen LogP contribution in [0.5, 0.6) is 0 Å². The van der Waals surface area contributed by atoms with E-state index < -0.39 is 20.4 Å². The summed E-state index contributed by atoms with van der Waals surface area (Å²) in [5, 5.41) is 24.7. The number of methoxy groups -OCH3 is 1. The third-order valence-corrected chi connectivity index (χ3v) is 8.31. The number of hydrogen-bond acceptors (Lipinski definition) is 12. The van der Waals surface area contributed by atoms with Gasteiger partial charge in [-0.3, -0.25) is 24.7 Å². The van der Waals surface area contributed by atoms with E-state index in [1.54, 1.807) is 75.4 Å². The minimum absolute atomic E-state index is 0.365. The van der Waals surface area contributed by atoms with Crippen molar-refractivity contribution in [2.24, 2.45) is 0 Å². The van der Waals surface area contributed by atoms with Gasteiger partial charge >= 0.3 is 20.1 Å². The van der Waals surface area contributed by atoms with Crippen molar-refractivity contribution in [3.63, 3.8) is 0 Å². The maximum absolute atomic E-state index is 11.1. The lowest BCUT2D eigenvalue weighted by Gasteiger charge is -2.20. The molecule has 0 atom stereocenters. The smallest absolute Gasteiger partial charge is 0.414 e. The predicted molar refractivity (Wildman–Crippen MR) is 218 cm³/mol. The molecule has 54 heavy (non-hydrogen) atoms. The van der Waals surface area contributed by atoms with Gasteiger partial charge in [0.05, 0.1) is 22.1 Å². The standard InChI is InChI=1S/C13H19BN2O3.C9H8N2O2.C8H6N2O.C6H8BIN2O/c1-4-18-13(19-5-2)12-8-10-9-15-7-6-11(10)16(12)14(3)17;1-13-9(12)8-4-6-5-10-3-2-7(6)11-8;11-5-7-3-6-4-9-2-1-8(6)10-7;1-7(11)10-6-2-3-9-4-5(6)8/h6-9,13,17H,4-5H2,1-3H3;2-5,11H,1H3;1-5,10H;2-4,11H,1H3,(H,9,10). The highest BCUT2D eigenvalue weighted by Crippen LogP contribution is 2.27. The molecule has 18 heteroatoms. The number of pyridine rings is 4. The van der Waals surface area contributed by atoms with E-state index in [0.29, 0.717) is 24.6 Å². The number of fused-ring (bicyclic) bond motifs is 3. The van der Waals surface area contributed by atoms with Gasteiger partial charge in [0.1, 0.15) is 5.69 Å². The van der Waals surface area contributed by atoms with Gasteiger partial charge in [-0.05, 0) is 92.5 Å². The molecule has 280 valence electrons. The van der Waals surface area contributed by atoms with Crippen molar-refractivity contribution >= 4 is 87.3 Å². The number of nitrogens with zero attached hydrogens (tertiary/aromatic N) is 5. The average Bonchev–Trinajstić information content (AvgIpc) is 3.91. The highest BCUT2D eigenvalue weighted by atomic mass is 127. The first kappa shape index (κ1) is 41.6. The van der Waals surface area contributed by atoms with E-state index in [2.05, 4.69) is 62.5 Å². The van der Waals surface area contributed by atoms with Crippen LogP contribution in [-0.2, 0) is 14.2 Å². The van der Waals surface area contributed by atoms with E-state index in [-0.39, 0.29) is 5.97 Å². The van der Waals surface area contributed by atoms with Crippen LogP contribution in [0.15, 0.2) is 92.0 Å². The van der Waals surface area contributed by atoms with Crippen molar-refractivity contribution in [2.45, 2.75) is 33.8 Å². The van der Waals surface area contributed by atoms with E-state index in [4.69, 9.17) is 14.5 Å². The van der Waals surface area contributed by atoms with Gasteiger partial charge < -0.3 is 43.9 Å². The largest absolute Gasteiger partial charge is 0.464 e. The molecule has 0 fully saturated rings. The Labute approximate surface area is 326 Å². The van der Waals surface area contributed by atoms with Crippen molar-refractivity contribution in [1.29, 1.82) is 0 Å². The average molecular weight is 846 g/mol. The molecular weight excluding hydrogens is 805 g/mol. The number of nitrogens with one attached hydrogen (secondary N) is 3. The molecule has 0 radical (unpaired) electrons. The second-order valence-electron chi connectivity index (χ2n) is 11.4. The number of ether oxygens (including phenoxy) is 3. The number of esters is 1. The van der Waals surface area contributed by atoms with Crippen LogP contribution in [0.1, 0.15) is 46.8 Å². The summed E-state index contributed by atoms with van der Waals surface area (Å²) in [7, 11) is 0.177. The number of hydrogen-bond donors (Lipinski definition) is 5. The van der Waals surface area contributed by atoms with Gasteiger partial charge in [0.25, 0.3) is 0 Å². The fraction of sp³-hybridized carbons (Fsp3) is 0.222. The Kier molecular flexibility index (Phi) is 16.1. The van der Waals surface area contributed by atoms with Crippen LogP contribution in [0.3, 0.4) is 0 Å². The van der Waals surface area contributed by atoms with Crippen LogP contribution < -0.4 is 5.23 Å². The van der Waals surface area contributed by atoms with Crippen LogP contribution in [0.2, 0.25) is 13.6 Å². The Morgan fingerprint density at radius 2 is 1.44 bits per heavy atom. The second-order valence-corrected chi connectivity index (χ2v) is 12.5. The van der Waals surface area contributed by atoms with Crippen molar-refractivity contribution in [3.8, 4) is 0 Å². The Morgan fingerprint density at radius 3 is 1.98 bits per heavy atom. The molecule has 0 unspecified atom stereocenters. The molecule has 0 aliphatic rings. The normalized spacial score (nSPS) is 10.5. The van der Waals surface area contributed by atoms with Crippen LogP contribution in [0.4, 0.5) is 5.69 Å². The van der Waals surface area contributed by atoms with Gasteiger partial charge in [-0.1, -0.05) is 0 Å². The number of anilines is 1. The molecule has 0 aliphatic heterocycles. The lowest BCUT2D eigenvalue weighted by Crippen LogP contribution is -2.25. The molecule has 7 heterocycles. The lowest BCUT2D eigenvalue weighted by molar-refractivity contribution is -0.143. The number of H-pyrrole nitrogens is 2. The summed E-state index contributed by atoms with van der Waals surface area (Å²) in [6.07, 6.45) is 14.0. The summed E-state index contributed by atoms with van der Waals surface area (Å²) < 4.78 is 18.6. The Hall–Kier alpha value is -5.14. The molecular formula is C36H41B2IN8O7. The molecule has 0 amide bonds. The predicted octanol–water partition coefficient (Wildman–Crippen LogP) is 6.00. The summed E-state index contributed by atoms with van der Waals surface area (Å²) >= 11 is 2.16. The molecule has 7 aromatic heterocycles. The van der Waals surface area contributed by atoms with Crippen LogP contribution >= 0.6 is 22.6 Å². The summed E-state index contributed by atoms with van der Waals surface area (Å²) in [4.78, 5) is 43.2. The Balaban J connectivity index is 0.000000165. The Bertz CT molecular complexity index is 2170. The number of carbonyl (C=O) groups is 2. The number of halogens is 1. The first-order valence-corrected chi connectivity index (χ1v) is 18.0. The minimum atomic E-state index is -0.654. The molecule has 0 spiro atoms. The van der Waals surface area contributed by atoms with Crippen molar-refractivity contribution in [1.82, 2.24) is 34.4 Å². The minimum Gasteiger partial charge on any atom is -0.464 e. The quantitative estimate of drug-likeness (QED) is 0.0354. The topological polar surface area (TPSA) is 202 Å². The fourth-order valence-corrected chi connectivity index (χ4v) is 5.68. The highest BCUT2D eigenvalue weighted by Gasteiger charge is 2.23. The van der Waals surface area contributed by atoms with Crippen molar-refractivity contribution in [3.05, 3.63) is 113 Å². The third kappa shape index (κ3) is 11.4. The summed E-state index contributed by atoms with van der Waals surface area (Å²) in [5.41, 5.74) is 5.51. The van der Waals surface area contributed by atoms with Gasteiger partial charge in [0, 0.05) is 101 Å². The number of aromatic amines is 2. The first-order valence-electron chi connectivity index (χ1n) is 16.9. The zero-order chi connectivity index (χ0) is 39.0. The van der Waals surface area contributed by atoms with Crippen molar-refractivity contribution in [2.75, 3.05) is 25.6 Å². The molecule has 0 aromatic carbocycles. The Morgan fingerprint density at radius 1 is 0.870 bits per heavy atom. The van der Waals surface area contributed by atoms with Gasteiger partial charge in [0.2, 0.25) is 0 Å². The summed E-state index contributed by atoms with van der Waals surface area (Å²) in [5.74, 6) is -0.365. The van der Waals surface area contributed by atoms with Crippen molar-refractivity contribution < 1.29 is 33.8 Å². The highest BCUT2D eigenvalue weighted by molar-refractivity contribution is 14.1. The van der Waals surface area contributed by atoms with Gasteiger partial charge in [0.15, 0.2) is 12.6 Å². The molecule has 0 saturated carbocycles. The molecule has 7 rings (SSSR count). The molecule has 15 nitrogen and oxygen atoms in total. The van der Waals surface area contributed by atoms with E-state index in [1.165, 1.54) is 7.11 Å². The molecule has 0 saturated heterocycles. The van der Waals surface area contributed by atoms with Gasteiger partial charge in [-0.15, -0.1) is 0 Å². The lowest BCUT2D eigenvalue weighted by atomic mass is 9.87. The third-order valence-electron chi connectivity index (χ3n) is 7.45. The maximum Gasteiger partial charge on any atom is 0.414 e. The molecule has 5 N–H and O–H groups in total. The second kappa shape index (κ2) is 20.9. The first-order chi connectivity index (χ1) is 26.1. The number of carbonyl (C=O) groups excluding carboxylic acids is 2. The zero-order valence-corrected chi connectivity index (χ0v) is 32.6. The van der Waals surface area contributed by atoms with E-state index in [9.17, 15) is 14.6 Å². The molecule has 0 bridgehead atoms. The maximum atomic E-state index is 11.1. The molecule has 7 aromatic rings. The SMILES string of the molecule is CB(O)Nc1ccncc1I.CCOC(OCC)c1cc2cnccc2n1B(C)O.COC(=O)c1cc2cnccc2[nH]1.O=Cc1cc2cnccc2[nH]1. The van der Waals surface area contributed by atoms with E-state index >= 15 is 0 Å². The van der Waals surface area contributed by atoms with Crippen LogP contribution in [-0.4, -0.2) is 91.1 Å². The molecule has 0 aliphatic carbocycles. The monoisotopic (exact) mass is 846 g/mol. The zero-order valence-electron chi connectivity index (χ0n) is 30.4. The number of aromatic nitrogens is 7. The van der Waals surface area contributed by atoms with Crippen LogP contribution in [0.25, 0.3) is 32.7 Å². The van der Waals surface area contributed by atoms with Gasteiger partial charge in [-0.2, -0.15) is 0 Å². The fourth-order valence-electron chi connectivity index (χ4n) is 5.19. The number of aldehydes is 1. The van der Waals surface area contributed by atoms with Gasteiger partial charge in [-0.25, -0.2) is 4.79 Å².